The highest BCUT2D eigenvalue weighted by atomic mass is 35.5. The second kappa shape index (κ2) is 16.1. The lowest BCUT2D eigenvalue weighted by atomic mass is 9.88. The monoisotopic (exact) mass is 621 g/mol. The first-order valence-electron chi connectivity index (χ1n) is 15.4. The van der Waals surface area contributed by atoms with Crippen molar-refractivity contribution in [2.24, 2.45) is 10.7 Å². The van der Waals surface area contributed by atoms with Gasteiger partial charge in [0.15, 0.2) is 5.96 Å². The van der Waals surface area contributed by atoms with Gasteiger partial charge >= 0.3 is 0 Å². The molecule has 0 radical (unpaired) electrons. The zero-order valence-corrected chi connectivity index (χ0v) is 27.2. The van der Waals surface area contributed by atoms with E-state index >= 15 is 0 Å². The molecule has 1 aliphatic carbocycles. The number of likely N-dealkylation sites (N-methyl/N-ethyl adjacent to an activating group) is 1. The van der Waals surface area contributed by atoms with Gasteiger partial charge in [0.25, 0.3) is 0 Å². The number of aliphatic imine (C=N–C) groups is 1. The Bertz CT molecular complexity index is 1350. The Morgan fingerprint density at radius 3 is 2.23 bits per heavy atom. The summed E-state index contributed by atoms with van der Waals surface area (Å²) in [4.78, 5) is 21.9. The second-order valence-electron chi connectivity index (χ2n) is 11.8. The van der Waals surface area contributed by atoms with E-state index in [-0.39, 0.29) is 18.2 Å². The van der Waals surface area contributed by atoms with Crippen LogP contribution in [0, 0.1) is 0 Å². The van der Waals surface area contributed by atoms with Gasteiger partial charge in [0.2, 0.25) is 5.91 Å². The minimum Gasteiger partial charge on any atom is -0.370 e. The van der Waals surface area contributed by atoms with Crippen LogP contribution < -0.4 is 11.1 Å². The number of anilines is 1. The van der Waals surface area contributed by atoms with Gasteiger partial charge in [-0.25, -0.2) is 4.99 Å². The molecule has 0 heterocycles. The van der Waals surface area contributed by atoms with Gasteiger partial charge in [-0.3, -0.25) is 4.79 Å². The third-order valence-electron chi connectivity index (χ3n) is 8.11. The van der Waals surface area contributed by atoms with Crippen molar-refractivity contribution in [3.63, 3.8) is 0 Å². The summed E-state index contributed by atoms with van der Waals surface area (Å²) in [6, 6.07) is 22.7. The predicted molar refractivity (Wildman–Crippen MR) is 181 cm³/mol. The summed E-state index contributed by atoms with van der Waals surface area (Å²) < 4.78 is 0. The van der Waals surface area contributed by atoms with Crippen LogP contribution in [-0.2, 0) is 17.8 Å². The summed E-state index contributed by atoms with van der Waals surface area (Å²) in [5.41, 5.74) is 11.0. The molecule has 3 aromatic carbocycles. The minimum absolute atomic E-state index is 0.150. The number of carbonyl (C=O) groups is 1. The smallest absolute Gasteiger partial charge is 0.218 e. The average molecular weight is 623 g/mol. The Labute approximate surface area is 267 Å². The highest BCUT2D eigenvalue weighted by Gasteiger charge is 2.21. The molecule has 8 heteroatoms. The molecule has 0 bridgehead atoms. The molecule has 230 valence electrons. The van der Waals surface area contributed by atoms with Gasteiger partial charge in [0, 0.05) is 47.7 Å². The molecule has 0 saturated heterocycles. The third kappa shape index (κ3) is 9.99. The number of rotatable bonds is 12. The van der Waals surface area contributed by atoms with Crippen molar-refractivity contribution in [2.75, 3.05) is 32.5 Å². The molecule has 1 unspecified atom stereocenters. The number of aryl methyl sites for hydroxylation is 1. The molecule has 1 saturated carbocycles. The van der Waals surface area contributed by atoms with Crippen LogP contribution in [0.1, 0.15) is 73.6 Å². The van der Waals surface area contributed by atoms with Crippen LogP contribution in [-0.4, -0.2) is 54.9 Å². The highest BCUT2D eigenvalue weighted by molar-refractivity contribution is 6.35. The summed E-state index contributed by atoms with van der Waals surface area (Å²) in [6.07, 6.45) is 7.15. The maximum absolute atomic E-state index is 12.0. The number of hydrogen-bond donors (Lipinski definition) is 2. The number of nitrogens with one attached hydrogen (secondary N) is 1. The normalized spacial score (nSPS) is 15.0. The van der Waals surface area contributed by atoms with E-state index in [1.54, 1.807) is 12.1 Å². The van der Waals surface area contributed by atoms with Crippen molar-refractivity contribution in [3.8, 4) is 0 Å². The number of hydrogen-bond acceptors (Lipinski definition) is 3. The quantitative estimate of drug-likeness (QED) is 0.160. The maximum atomic E-state index is 12.0. The molecule has 0 aromatic heterocycles. The predicted octanol–water partition coefficient (Wildman–Crippen LogP) is 7.73. The zero-order chi connectivity index (χ0) is 30.8. The number of benzene rings is 3. The molecule has 1 atom stereocenters. The van der Waals surface area contributed by atoms with Gasteiger partial charge in [-0.1, -0.05) is 91.9 Å². The van der Waals surface area contributed by atoms with E-state index in [0.717, 1.165) is 61.7 Å². The molecular weight excluding hydrogens is 577 g/mol. The summed E-state index contributed by atoms with van der Waals surface area (Å²) in [6.45, 7) is 4.70. The molecule has 0 spiro atoms. The number of nitrogens with two attached hydrogens (primary N) is 1. The fourth-order valence-electron chi connectivity index (χ4n) is 5.58. The van der Waals surface area contributed by atoms with Crippen LogP contribution in [0.4, 0.5) is 5.69 Å². The van der Waals surface area contributed by atoms with E-state index in [9.17, 15) is 4.79 Å². The van der Waals surface area contributed by atoms with Crippen LogP contribution in [0.3, 0.4) is 0 Å². The zero-order valence-electron chi connectivity index (χ0n) is 25.7. The van der Waals surface area contributed by atoms with Gasteiger partial charge < -0.3 is 20.9 Å². The number of primary amides is 1. The molecule has 43 heavy (non-hydrogen) atoms. The fourth-order valence-corrected chi connectivity index (χ4v) is 6.12. The minimum atomic E-state index is -0.386. The van der Waals surface area contributed by atoms with E-state index in [4.69, 9.17) is 33.9 Å². The second-order valence-corrected chi connectivity index (χ2v) is 12.6. The molecule has 0 aliphatic heterocycles. The van der Waals surface area contributed by atoms with Gasteiger partial charge in [0.05, 0.1) is 6.04 Å². The standard InChI is InChI=1S/C35H45Cl2N5O/c1-4-25-10-12-26(13-11-25)24-42(21-20-41(2)3)35(39-29-8-6-5-7-9-29)40-30-17-14-27(15-18-30)32(23-34(38)43)31-19-16-28(36)22-33(31)37/h10-19,22,29,32H,4-9,20-21,23-24H2,1-3H3,(H2,38,43)(H,39,40). The topological polar surface area (TPSA) is 74.0 Å². The van der Waals surface area contributed by atoms with Gasteiger partial charge in [-0.2, -0.15) is 0 Å². The van der Waals surface area contributed by atoms with Gasteiger partial charge in [0.1, 0.15) is 0 Å². The Balaban J connectivity index is 1.63. The molecule has 1 fully saturated rings. The Morgan fingerprint density at radius 1 is 0.953 bits per heavy atom. The molecule has 4 rings (SSSR count). The van der Waals surface area contributed by atoms with Crippen LogP contribution in [0.5, 0.6) is 0 Å². The van der Waals surface area contributed by atoms with E-state index in [0.29, 0.717) is 16.1 Å². The van der Waals surface area contributed by atoms with Crippen LogP contribution in [0.15, 0.2) is 71.7 Å². The van der Waals surface area contributed by atoms with Crippen molar-refractivity contribution < 1.29 is 4.79 Å². The summed E-state index contributed by atoms with van der Waals surface area (Å²) >= 11 is 12.7. The van der Waals surface area contributed by atoms with Crippen molar-refractivity contribution in [1.82, 2.24) is 9.80 Å². The molecule has 1 amide bonds. The molecule has 1 aliphatic rings. The van der Waals surface area contributed by atoms with Crippen molar-refractivity contribution in [3.05, 3.63) is 99.0 Å². The van der Waals surface area contributed by atoms with Gasteiger partial charge in [-0.15, -0.1) is 0 Å². The van der Waals surface area contributed by atoms with E-state index < -0.39 is 0 Å². The van der Waals surface area contributed by atoms with E-state index in [1.807, 2.05) is 30.3 Å². The summed E-state index contributed by atoms with van der Waals surface area (Å²) in [5, 5.41) is 4.75. The van der Waals surface area contributed by atoms with Crippen molar-refractivity contribution >= 4 is 40.8 Å². The lowest BCUT2D eigenvalue weighted by molar-refractivity contribution is -0.118. The first-order chi connectivity index (χ1) is 20.7. The Morgan fingerprint density at radius 2 is 1.63 bits per heavy atom. The van der Waals surface area contributed by atoms with Crippen molar-refractivity contribution in [1.29, 1.82) is 0 Å². The van der Waals surface area contributed by atoms with Gasteiger partial charge in [-0.05, 0) is 79.9 Å². The highest BCUT2D eigenvalue weighted by Crippen LogP contribution is 2.35. The van der Waals surface area contributed by atoms with Crippen LogP contribution in [0.2, 0.25) is 10.0 Å². The number of guanidine groups is 1. The molecular formula is C35H45Cl2N5O. The van der Waals surface area contributed by atoms with Crippen LogP contribution >= 0.6 is 23.2 Å². The van der Waals surface area contributed by atoms with E-state index in [2.05, 4.69) is 60.4 Å². The lowest BCUT2D eigenvalue weighted by Gasteiger charge is -2.30. The lowest BCUT2D eigenvalue weighted by Crippen LogP contribution is -2.41. The fraction of sp³-hybridized carbons (Fsp3) is 0.429. The molecule has 3 aromatic rings. The first kappa shape index (κ1) is 32.8. The summed E-state index contributed by atoms with van der Waals surface area (Å²) in [5.74, 6) is 0.244. The Kier molecular flexibility index (Phi) is 12.3. The molecule has 3 N–H and O–H groups in total. The first-order valence-corrected chi connectivity index (χ1v) is 16.1. The number of carbonyl (C=O) groups excluding carboxylic acids is 1. The molecule has 6 nitrogen and oxygen atoms in total. The van der Waals surface area contributed by atoms with Crippen molar-refractivity contribution in [2.45, 2.75) is 70.4 Å². The largest absolute Gasteiger partial charge is 0.370 e. The third-order valence-corrected chi connectivity index (χ3v) is 8.68. The van der Waals surface area contributed by atoms with Crippen LogP contribution in [0.25, 0.3) is 0 Å². The SMILES string of the molecule is CCc1ccc(CN(CCN(C)C)/C(=N\C2CCCCC2)Nc2ccc(C(CC(N)=O)c3ccc(Cl)cc3Cl)cc2)cc1. The summed E-state index contributed by atoms with van der Waals surface area (Å²) in [7, 11) is 4.21. The maximum Gasteiger partial charge on any atom is 0.218 e. The number of halogens is 2. The van der Waals surface area contributed by atoms with E-state index in [1.165, 1.54) is 30.4 Å². The number of amides is 1. The average Bonchev–Trinajstić information content (AvgIpc) is 2.99. The Hall–Kier alpha value is -3.06. The number of nitrogens with zero attached hydrogens (tertiary/aromatic N) is 3.